The zero-order valence-corrected chi connectivity index (χ0v) is 20.8. The molecule has 182 valence electrons. The summed E-state index contributed by atoms with van der Waals surface area (Å²) in [7, 11) is 0. The van der Waals surface area contributed by atoms with Crippen molar-refractivity contribution in [1.29, 1.82) is 0 Å². The zero-order chi connectivity index (χ0) is 24.6. The number of rotatable bonds is 9. The fraction of sp³-hybridized carbons (Fsp3) is 0.286. The number of carbonyl (C=O) groups excluding carboxylic acids is 2. The Balaban J connectivity index is 1.64. The zero-order valence-electron chi connectivity index (χ0n) is 19.3. The maximum Gasteiger partial charge on any atom is 0.247 e. The fourth-order valence-electron chi connectivity index (χ4n) is 4.21. The van der Waals surface area contributed by atoms with Crippen LogP contribution in [0.2, 0.25) is 10.0 Å². The van der Waals surface area contributed by atoms with E-state index in [2.05, 4.69) is 5.32 Å². The van der Waals surface area contributed by atoms with Crippen molar-refractivity contribution in [2.45, 2.75) is 38.0 Å². The third-order valence-electron chi connectivity index (χ3n) is 6.06. The minimum atomic E-state index is -0.798. The Bertz CT molecular complexity index is 1120. The summed E-state index contributed by atoms with van der Waals surface area (Å²) >= 11 is 12.1. The first-order chi connectivity index (χ1) is 17.0. The maximum atomic E-state index is 13.7. The molecule has 0 aromatic heterocycles. The predicted octanol–water partition coefficient (Wildman–Crippen LogP) is 5.60. The maximum absolute atomic E-state index is 13.7. The Hall–Kier alpha value is -2.86. The topological polar surface area (TPSA) is 58.6 Å². The van der Waals surface area contributed by atoms with Crippen LogP contribution in [-0.2, 0) is 27.3 Å². The van der Waals surface area contributed by atoms with Crippen LogP contribution in [0, 0.1) is 0 Å². The monoisotopic (exact) mass is 510 g/mol. The van der Waals surface area contributed by atoms with E-state index in [0.29, 0.717) is 23.2 Å². The first-order valence-corrected chi connectivity index (χ1v) is 12.5. The van der Waals surface area contributed by atoms with Gasteiger partial charge in [-0.25, -0.2) is 0 Å². The molecule has 0 unspecified atom stereocenters. The van der Waals surface area contributed by atoms with Gasteiger partial charge in [-0.2, -0.15) is 0 Å². The molecule has 7 heteroatoms. The summed E-state index contributed by atoms with van der Waals surface area (Å²) in [6.45, 7) is 1.39. The third kappa shape index (κ3) is 7.07. The number of hydrogen-bond donors (Lipinski definition) is 1. The lowest BCUT2D eigenvalue weighted by molar-refractivity contribution is -0.141. The molecular formula is C28H28Cl2N2O3. The average Bonchev–Trinajstić information content (AvgIpc) is 3.39. The highest BCUT2D eigenvalue weighted by molar-refractivity contribution is 6.30. The SMILES string of the molecule is O=C(NC[C@@H]1CCCO1)[C@@H](c1ccccc1)N(Cc1ccc(Cl)cc1)C(=O)Cc1ccc(Cl)cc1. The van der Waals surface area contributed by atoms with E-state index in [1.807, 2.05) is 54.6 Å². The van der Waals surface area contributed by atoms with Gasteiger partial charge >= 0.3 is 0 Å². The molecule has 1 N–H and O–H groups in total. The highest BCUT2D eigenvalue weighted by Gasteiger charge is 2.32. The van der Waals surface area contributed by atoms with Crippen molar-refractivity contribution < 1.29 is 14.3 Å². The van der Waals surface area contributed by atoms with Gasteiger partial charge in [0.05, 0.1) is 12.5 Å². The van der Waals surface area contributed by atoms with Crippen LogP contribution in [0.5, 0.6) is 0 Å². The minimum absolute atomic E-state index is 0.00450. The molecule has 0 spiro atoms. The standard InChI is InChI=1S/C28H28Cl2N2O3/c29-23-12-8-20(9-13-23)17-26(33)32(19-21-10-14-24(30)15-11-21)27(22-5-2-1-3-6-22)28(34)31-18-25-7-4-16-35-25/h1-3,5-6,8-15,25,27H,4,7,16-19H2,(H,31,34)/t25-,27+/m0/s1. The Morgan fingerprint density at radius 3 is 2.14 bits per heavy atom. The van der Waals surface area contributed by atoms with Gasteiger partial charge in [0.2, 0.25) is 11.8 Å². The average molecular weight is 511 g/mol. The number of hydrogen-bond acceptors (Lipinski definition) is 3. The molecule has 1 saturated heterocycles. The van der Waals surface area contributed by atoms with Crippen LogP contribution >= 0.6 is 23.2 Å². The van der Waals surface area contributed by atoms with E-state index in [1.165, 1.54) is 0 Å². The van der Waals surface area contributed by atoms with Crippen LogP contribution < -0.4 is 5.32 Å². The predicted molar refractivity (Wildman–Crippen MR) is 138 cm³/mol. The summed E-state index contributed by atoms with van der Waals surface area (Å²) in [6.07, 6.45) is 2.06. The van der Waals surface area contributed by atoms with Crippen molar-refractivity contribution in [2.75, 3.05) is 13.2 Å². The van der Waals surface area contributed by atoms with Crippen LogP contribution in [0.15, 0.2) is 78.9 Å². The van der Waals surface area contributed by atoms with E-state index in [0.717, 1.165) is 29.5 Å². The highest BCUT2D eigenvalue weighted by Crippen LogP contribution is 2.26. The Kier molecular flexibility index (Phi) is 8.80. The summed E-state index contributed by atoms with van der Waals surface area (Å²) in [6, 6.07) is 23.1. The summed E-state index contributed by atoms with van der Waals surface area (Å²) in [4.78, 5) is 28.9. The molecule has 0 saturated carbocycles. The molecule has 3 aromatic carbocycles. The smallest absolute Gasteiger partial charge is 0.247 e. The Morgan fingerprint density at radius 2 is 1.54 bits per heavy atom. The number of carbonyl (C=O) groups is 2. The van der Waals surface area contributed by atoms with Gasteiger partial charge in [0.15, 0.2) is 0 Å². The van der Waals surface area contributed by atoms with Gasteiger partial charge in [-0.05, 0) is 53.8 Å². The first kappa shape index (κ1) is 25.2. The lowest BCUT2D eigenvalue weighted by atomic mass is 10.0. The molecule has 35 heavy (non-hydrogen) atoms. The molecule has 0 radical (unpaired) electrons. The van der Waals surface area contributed by atoms with Gasteiger partial charge < -0.3 is 15.0 Å². The molecular weight excluding hydrogens is 483 g/mol. The molecule has 0 aliphatic carbocycles. The van der Waals surface area contributed by atoms with Crippen molar-refractivity contribution in [3.05, 3.63) is 106 Å². The van der Waals surface area contributed by atoms with Crippen molar-refractivity contribution in [1.82, 2.24) is 10.2 Å². The number of ether oxygens (including phenoxy) is 1. The van der Waals surface area contributed by atoms with Gasteiger partial charge in [0.1, 0.15) is 6.04 Å². The van der Waals surface area contributed by atoms with Crippen molar-refractivity contribution >= 4 is 35.0 Å². The quantitative estimate of drug-likeness (QED) is 0.407. The number of amides is 2. The van der Waals surface area contributed by atoms with Gasteiger partial charge in [0.25, 0.3) is 0 Å². The van der Waals surface area contributed by atoms with Crippen LogP contribution in [0.1, 0.15) is 35.6 Å². The van der Waals surface area contributed by atoms with Gasteiger partial charge in [0, 0.05) is 29.7 Å². The van der Waals surface area contributed by atoms with Gasteiger partial charge in [-0.3, -0.25) is 9.59 Å². The van der Waals surface area contributed by atoms with Gasteiger partial charge in [-0.1, -0.05) is 77.8 Å². The van der Waals surface area contributed by atoms with Crippen molar-refractivity contribution in [3.63, 3.8) is 0 Å². The summed E-state index contributed by atoms with van der Waals surface area (Å²) in [5, 5.41) is 4.25. The Labute approximate surface area is 216 Å². The third-order valence-corrected chi connectivity index (χ3v) is 6.56. The second-order valence-electron chi connectivity index (χ2n) is 8.64. The second kappa shape index (κ2) is 12.2. The molecule has 4 rings (SSSR count). The number of nitrogens with one attached hydrogen (secondary N) is 1. The summed E-state index contributed by atoms with van der Waals surface area (Å²) < 4.78 is 5.67. The molecule has 2 amide bonds. The van der Waals surface area contributed by atoms with Crippen molar-refractivity contribution in [3.8, 4) is 0 Å². The molecule has 5 nitrogen and oxygen atoms in total. The molecule has 1 aliphatic rings. The van der Waals surface area contributed by atoms with E-state index >= 15 is 0 Å². The molecule has 1 heterocycles. The molecule has 1 aliphatic heterocycles. The van der Waals surface area contributed by atoms with E-state index in [1.54, 1.807) is 29.2 Å². The van der Waals surface area contributed by atoms with Gasteiger partial charge in [-0.15, -0.1) is 0 Å². The Morgan fingerprint density at radius 1 is 0.914 bits per heavy atom. The normalized spacial score (nSPS) is 16.0. The van der Waals surface area contributed by atoms with Crippen molar-refractivity contribution in [2.24, 2.45) is 0 Å². The van der Waals surface area contributed by atoms with E-state index in [9.17, 15) is 9.59 Å². The van der Waals surface area contributed by atoms with E-state index in [-0.39, 0.29) is 30.9 Å². The summed E-state index contributed by atoms with van der Waals surface area (Å²) in [5.74, 6) is -0.395. The first-order valence-electron chi connectivity index (χ1n) is 11.7. The van der Waals surface area contributed by atoms with E-state index < -0.39 is 6.04 Å². The van der Waals surface area contributed by atoms with Crippen LogP contribution in [-0.4, -0.2) is 36.0 Å². The number of halogens is 2. The molecule has 0 bridgehead atoms. The van der Waals surface area contributed by atoms with Crippen LogP contribution in [0.4, 0.5) is 0 Å². The van der Waals surface area contributed by atoms with Crippen LogP contribution in [0.25, 0.3) is 0 Å². The van der Waals surface area contributed by atoms with E-state index in [4.69, 9.17) is 27.9 Å². The second-order valence-corrected chi connectivity index (χ2v) is 9.52. The number of nitrogens with zero attached hydrogens (tertiary/aromatic N) is 1. The molecule has 3 aromatic rings. The summed E-state index contributed by atoms with van der Waals surface area (Å²) in [5.41, 5.74) is 2.45. The number of benzene rings is 3. The minimum Gasteiger partial charge on any atom is -0.376 e. The van der Waals surface area contributed by atoms with Crippen LogP contribution in [0.3, 0.4) is 0 Å². The molecule has 2 atom stereocenters. The fourth-order valence-corrected chi connectivity index (χ4v) is 4.46. The largest absolute Gasteiger partial charge is 0.376 e. The lowest BCUT2D eigenvalue weighted by Gasteiger charge is -2.32. The lowest BCUT2D eigenvalue weighted by Crippen LogP contribution is -2.45. The molecule has 1 fully saturated rings. The highest BCUT2D eigenvalue weighted by atomic mass is 35.5.